The summed E-state index contributed by atoms with van der Waals surface area (Å²) in [5.74, 6) is 0. The summed E-state index contributed by atoms with van der Waals surface area (Å²) in [4.78, 5) is 0. The van der Waals surface area contributed by atoms with Crippen molar-refractivity contribution in [1.82, 2.24) is 0 Å². The quantitative estimate of drug-likeness (QED) is 0.387. The predicted molar refractivity (Wildman–Crippen MR) is 39.5 cm³/mol. The van der Waals surface area contributed by atoms with Crippen LogP contribution in [0.25, 0.3) is 0 Å². The average molecular weight is 178 g/mol. The number of hydrogen-bond donors (Lipinski definition) is 4. The summed E-state index contributed by atoms with van der Waals surface area (Å²) >= 11 is 0. The third kappa shape index (κ3) is 1.94. The van der Waals surface area contributed by atoms with Gasteiger partial charge < -0.3 is 25.2 Å². The van der Waals surface area contributed by atoms with Crippen LogP contribution in [-0.4, -0.2) is 58.1 Å². The summed E-state index contributed by atoms with van der Waals surface area (Å²) in [6, 6.07) is 0. The summed E-state index contributed by atoms with van der Waals surface area (Å²) in [7, 11) is 0. The third-order valence-corrected chi connectivity index (χ3v) is 2.03. The van der Waals surface area contributed by atoms with E-state index in [4.69, 9.17) is 14.9 Å². The van der Waals surface area contributed by atoms with E-state index in [-0.39, 0.29) is 19.6 Å². The average Bonchev–Trinajstić information content (AvgIpc) is 2.09. The topological polar surface area (TPSA) is 90.2 Å². The lowest BCUT2D eigenvalue weighted by molar-refractivity contribution is -0.187. The van der Waals surface area contributed by atoms with Crippen LogP contribution in [0.4, 0.5) is 0 Å². The normalized spacial score (nSPS) is 43.0. The molecular weight excluding hydrogens is 164 g/mol. The smallest absolute Gasteiger partial charge is 0.109 e. The number of hydrogen-bond acceptors (Lipinski definition) is 5. The van der Waals surface area contributed by atoms with Gasteiger partial charge in [-0.25, -0.2) is 0 Å². The van der Waals surface area contributed by atoms with Gasteiger partial charge in [0.05, 0.1) is 25.4 Å². The first-order chi connectivity index (χ1) is 5.69. The van der Waals surface area contributed by atoms with E-state index in [2.05, 4.69) is 0 Å². The zero-order valence-corrected chi connectivity index (χ0v) is 6.63. The molecule has 4 atom stereocenters. The zero-order valence-electron chi connectivity index (χ0n) is 6.63. The lowest BCUT2D eigenvalue weighted by Gasteiger charge is -2.35. The Bertz CT molecular complexity index is 140. The minimum Gasteiger partial charge on any atom is -0.394 e. The van der Waals surface area contributed by atoms with E-state index < -0.39 is 24.4 Å². The molecule has 0 spiro atoms. The second kappa shape index (κ2) is 4.15. The molecule has 0 aromatic carbocycles. The van der Waals surface area contributed by atoms with Gasteiger partial charge in [0.15, 0.2) is 0 Å². The highest BCUT2D eigenvalue weighted by molar-refractivity contribution is 4.84. The Balaban J connectivity index is 2.52. The fourth-order valence-corrected chi connectivity index (χ4v) is 1.31. The molecular formula is C7H14O5. The monoisotopic (exact) mass is 178 g/mol. The van der Waals surface area contributed by atoms with Crippen molar-refractivity contribution in [2.45, 2.75) is 30.8 Å². The van der Waals surface area contributed by atoms with Gasteiger partial charge in [0.1, 0.15) is 12.2 Å². The van der Waals surface area contributed by atoms with Gasteiger partial charge >= 0.3 is 0 Å². The molecule has 2 unspecified atom stereocenters. The number of rotatable bonds is 2. The van der Waals surface area contributed by atoms with Gasteiger partial charge in [-0.3, -0.25) is 0 Å². The molecule has 1 saturated heterocycles. The van der Waals surface area contributed by atoms with Crippen LogP contribution in [0.5, 0.6) is 0 Å². The van der Waals surface area contributed by atoms with Gasteiger partial charge in [-0.05, 0) is 0 Å². The van der Waals surface area contributed by atoms with E-state index in [1.54, 1.807) is 0 Å². The highest BCUT2D eigenvalue weighted by atomic mass is 16.5. The van der Waals surface area contributed by atoms with Gasteiger partial charge in [0.25, 0.3) is 0 Å². The molecule has 0 amide bonds. The maximum Gasteiger partial charge on any atom is 0.109 e. The van der Waals surface area contributed by atoms with E-state index in [1.807, 2.05) is 0 Å². The van der Waals surface area contributed by atoms with Crippen molar-refractivity contribution in [3.63, 3.8) is 0 Å². The molecule has 1 aliphatic rings. The Morgan fingerprint density at radius 3 is 2.33 bits per heavy atom. The van der Waals surface area contributed by atoms with Gasteiger partial charge in [0, 0.05) is 6.42 Å². The van der Waals surface area contributed by atoms with Crippen molar-refractivity contribution in [3.8, 4) is 0 Å². The molecule has 72 valence electrons. The Hall–Kier alpha value is -0.200. The second-order valence-corrected chi connectivity index (χ2v) is 2.96. The maximum atomic E-state index is 9.23. The molecule has 12 heavy (non-hydrogen) atoms. The van der Waals surface area contributed by atoms with Crippen LogP contribution in [0.3, 0.4) is 0 Å². The molecule has 0 aromatic heterocycles. The lowest BCUT2D eigenvalue weighted by atomic mass is 9.98. The van der Waals surface area contributed by atoms with Crippen LogP contribution in [-0.2, 0) is 4.74 Å². The zero-order chi connectivity index (χ0) is 9.14. The van der Waals surface area contributed by atoms with Crippen LogP contribution < -0.4 is 0 Å². The summed E-state index contributed by atoms with van der Waals surface area (Å²) < 4.78 is 5.06. The second-order valence-electron chi connectivity index (χ2n) is 2.96. The highest BCUT2D eigenvalue weighted by Crippen LogP contribution is 2.19. The summed E-state index contributed by atoms with van der Waals surface area (Å²) in [5, 5.41) is 35.9. The molecule has 0 bridgehead atoms. The van der Waals surface area contributed by atoms with Crippen LogP contribution in [0, 0.1) is 0 Å². The summed E-state index contributed by atoms with van der Waals surface area (Å²) in [6.07, 6.45) is -3.05. The molecule has 1 heterocycles. The Morgan fingerprint density at radius 2 is 1.83 bits per heavy atom. The molecule has 0 saturated carbocycles. The van der Waals surface area contributed by atoms with E-state index >= 15 is 0 Å². The molecule has 5 heteroatoms. The lowest BCUT2D eigenvalue weighted by Crippen LogP contribution is -2.50. The number of ether oxygens (including phenoxy) is 1. The summed E-state index contributed by atoms with van der Waals surface area (Å²) in [5.41, 5.74) is 0. The first kappa shape index (κ1) is 9.88. The van der Waals surface area contributed by atoms with Gasteiger partial charge in [-0.1, -0.05) is 0 Å². The van der Waals surface area contributed by atoms with E-state index in [0.717, 1.165) is 0 Å². The largest absolute Gasteiger partial charge is 0.394 e. The molecule has 0 radical (unpaired) electrons. The summed E-state index contributed by atoms with van der Waals surface area (Å²) in [6.45, 7) is -0.561. The van der Waals surface area contributed by atoms with E-state index in [0.29, 0.717) is 0 Å². The molecule has 5 nitrogen and oxygen atoms in total. The first-order valence-corrected chi connectivity index (χ1v) is 3.92. The van der Waals surface area contributed by atoms with Gasteiger partial charge in [0.2, 0.25) is 0 Å². The van der Waals surface area contributed by atoms with Crippen molar-refractivity contribution in [2.75, 3.05) is 13.2 Å². The Labute approximate surface area is 70.2 Å². The van der Waals surface area contributed by atoms with Gasteiger partial charge in [-0.2, -0.15) is 0 Å². The van der Waals surface area contributed by atoms with Crippen molar-refractivity contribution in [3.05, 3.63) is 0 Å². The molecule has 4 N–H and O–H groups in total. The predicted octanol–water partition coefficient (Wildman–Crippen LogP) is -2.15. The number of aliphatic hydroxyl groups excluding tert-OH is 4. The molecule has 0 aromatic rings. The maximum absolute atomic E-state index is 9.23. The third-order valence-electron chi connectivity index (χ3n) is 2.03. The number of aliphatic hydroxyl groups is 4. The van der Waals surface area contributed by atoms with Crippen molar-refractivity contribution in [2.24, 2.45) is 0 Å². The molecule has 1 fully saturated rings. The van der Waals surface area contributed by atoms with E-state index in [1.165, 1.54) is 0 Å². The Morgan fingerprint density at radius 1 is 1.17 bits per heavy atom. The van der Waals surface area contributed by atoms with Crippen molar-refractivity contribution in [1.29, 1.82) is 0 Å². The van der Waals surface area contributed by atoms with E-state index in [9.17, 15) is 10.2 Å². The van der Waals surface area contributed by atoms with Crippen LogP contribution in [0.15, 0.2) is 0 Å². The Kier molecular flexibility index (Phi) is 3.42. The fourth-order valence-electron chi connectivity index (χ4n) is 1.31. The minimum atomic E-state index is -1.06. The highest BCUT2D eigenvalue weighted by Gasteiger charge is 2.35. The van der Waals surface area contributed by atoms with Crippen LogP contribution in [0.2, 0.25) is 0 Å². The molecule has 0 aliphatic carbocycles. The molecule has 1 aliphatic heterocycles. The molecule has 1 rings (SSSR count). The fraction of sp³-hybridized carbons (Fsp3) is 1.00. The van der Waals surface area contributed by atoms with Gasteiger partial charge in [-0.15, -0.1) is 0 Å². The van der Waals surface area contributed by atoms with Crippen LogP contribution >= 0.6 is 0 Å². The van der Waals surface area contributed by atoms with Crippen molar-refractivity contribution < 1.29 is 25.2 Å². The van der Waals surface area contributed by atoms with Crippen molar-refractivity contribution >= 4 is 0 Å². The first-order valence-electron chi connectivity index (χ1n) is 3.92. The van der Waals surface area contributed by atoms with Crippen LogP contribution in [0.1, 0.15) is 6.42 Å². The SMILES string of the molecule is OC[C@@H]1CC(O)C(O)[C@@H](CO)O1. The standard InChI is InChI=1S/C7H14O5/c8-2-4-1-5(10)7(11)6(3-9)12-4/h4-11H,1-3H2/t4-,5?,6+,7?/m0/s1. The minimum absolute atomic E-state index is 0.203.